The van der Waals surface area contributed by atoms with Crippen molar-refractivity contribution in [2.45, 2.75) is 0 Å². The SMILES string of the molecule is C(=C/c1cc2ccccc2n1-c1cccc(-c2ccccc2)c1)/c1cc2ccccc2n1-c1ccc(-c2ccccc2)cc1. The molecule has 0 amide bonds. The van der Waals surface area contributed by atoms with Crippen LogP contribution in [0.15, 0.2) is 170 Å². The minimum atomic E-state index is 1.13. The first-order chi connectivity index (χ1) is 21.8. The second kappa shape index (κ2) is 11.1. The number of hydrogen-bond donors (Lipinski definition) is 0. The molecule has 2 heteroatoms. The summed E-state index contributed by atoms with van der Waals surface area (Å²) in [5.74, 6) is 0. The van der Waals surface area contributed by atoms with Gasteiger partial charge in [0.05, 0.1) is 11.0 Å². The lowest BCUT2D eigenvalue weighted by atomic mass is 10.1. The van der Waals surface area contributed by atoms with Crippen molar-refractivity contribution in [3.05, 3.63) is 181 Å². The minimum Gasteiger partial charge on any atom is -0.310 e. The first kappa shape index (κ1) is 25.8. The molecule has 0 saturated heterocycles. The van der Waals surface area contributed by atoms with Crippen molar-refractivity contribution < 1.29 is 0 Å². The van der Waals surface area contributed by atoms with E-state index in [0.717, 1.165) is 22.8 Å². The molecule has 6 aromatic carbocycles. The summed E-state index contributed by atoms with van der Waals surface area (Å²) >= 11 is 0. The smallest absolute Gasteiger partial charge is 0.0534 e. The maximum Gasteiger partial charge on any atom is 0.0534 e. The van der Waals surface area contributed by atoms with Crippen molar-refractivity contribution in [3.8, 4) is 33.6 Å². The molecule has 0 fully saturated rings. The molecular formula is C42H30N2. The maximum atomic E-state index is 2.36. The van der Waals surface area contributed by atoms with E-state index in [1.807, 2.05) is 0 Å². The van der Waals surface area contributed by atoms with E-state index in [2.05, 4.69) is 191 Å². The molecule has 2 heterocycles. The van der Waals surface area contributed by atoms with Gasteiger partial charge in [-0.05, 0) is 82.9 Å². The van der Waals surface area contributed by atoms with E-state index in [0.29, 0.717) is 0 Å². The third-order valence-electron chi connectivity index (χ3n) is 8.35. The van der Waals surface area contributed by atoms with Crippen molar-refractivity contribution in [2.24, 2.45) is 0 Å². The van der Waals surface area contributed by atoms with Gasteiger partial charge in [0.15, 0.2) is 0 Å². The van der Waals surface area contributed by atoms with Crippen LogP contribution in [-0.4, -0.2) is 9.13 Å². The molecule has 208 valence electrons. The fraction of sp³-hybridized carbons (Fsp3) is 0. The predicted octanol–water partition coefficient (Wildman–Crippen LogP) is 11.1. The Bertz CT molecular complexity index is 2250. The Balaban J connectivity index is 1.24. The summed E-state index contributed by atoms with van der Waals surface area (Å²) in [6.45, 7) is 0. The number of fused-ring (bicyclic) bond motifs is 2. The Hall–Kier alpha value is -5.86. The average Bonchev–Trinajstić information content (AvgIpc) is 3.66. The van der Waals surface area contributed by atoms with E-state index in [-0.39, 0.29) is 0 Å². The maximum absolute atomic E-state index is 2.36. The Morgan fingerprint density at radius 1 is 0.318 bits per heavy atom. The zero-order chi connectivity index (χ0) is 29.3. The first-order valence-corrected chi connectivity index (χ1v) is 15.0. The van der Waals surface area contributed by atoms with Crippen molar-refractivity contribution in [2.75, 3.05) is 0 Å². The van der Waals surface area contributed by atoms with Gasteiger partial charge < -0.3 is 9.13 Å². The van der Waals surface area contributed by atoms with Crippen LogP contribution in [0, 0.1) is 0 Å². The van der Waals surface area contributed by atoms with E-state index in [1.165, 1.54) is 44.1 Å². The zero-order valence-corrected chi connectivity index (χ0v) is 24.2. The predicted molar refractivity (Wildman–Crippen MR) is 186 cm³/mol. The highest BCUT2D eigenvalue weighted by Crippen LogP contribution is 2.31. The number of nitrogens with zero attached hydrogens (tertiary/aromatic N) is 2. The molecule has 0 bridgehead atoms. The van der Waals surface area contributed by atoms with Crippen molar-refractivity contribution in [3.63, 3.8) is 0 Å². The molecule has 2 nitrogen and oxygen atoms in total. The summed E-state index contributed by atoms with van der Waals surface area (Å²) in [6, 6.07) is 60.6. The summed E-state index contributed by atoms with van der Waals surface area (Å²) in [6.07, 6.45) is 4.50. The first-order valence-electron chi connectivity index (χ1n) is 15.0. The highest BCUT2D eigenvalue weighted by Gasteiger charge is 2.12. The van der Waals surface area contributed by atoms with Crippen molar-refractivity contribution >= 4 is 34.0 Å². The fourth-order valence-electron chi connectivity index (χ4n) is 6.23. The molecule has 0 aliphatic heterocycles. The van der Waals surface area contributed by atoms with Gasteiger partial charge in [0.1, 0.15) is 0 Å². The number of para-hydroxylation sites is 2. The lowest BCUT2D eigenvalue weighted by Gasteiger charge is -2.12. The molecule has 0 aliphatic rings. The molecule has 44 heavy (non-hydrogen) atoms. The Morgan fingerprint density at radius 3 is 1.36 bits per heavy atom. The van der Waals surface area contributed by atoms with E-state index in [1.54, 1.807) is 0 Å². The molecule has 0 aliphatic carbocycles. The van der Waals surface area contributed by atoms with Gasteiger partial charge in [-0.1, -0.05) is 121 Å². The van der Waals surface area contributed by atoms with Crippen LogP contribution < -0.4 is 0 Å². The van der Waals surface area contributed by atoms with E-state index < -0.39 is 0 Å². The Morgan fingerprint density at radius 2 is 0.773 bits per heavy atom. The van der Waals surface area contributed by atoms with Crippen LogP contribution in [0.4, 0.5) is 0 Å². The van der Waals surface area contributed by atoms with E-state index in [4.69, 9.17) is 0 Å². The fourth-order valence-corrected chi connectivity index (χ4v) is 6.23. The summed E-state index contributed by atoms with van der Waals surface area (Å²) in [5.41, 5.74) is 11.8. The summed E-state index contributed by atoms with van der Waals surface area (Å²) in [5, 5.41) is 2.43. The Kier molecular flexibility index (Phi) is 6.51. The van der Waals surface area contributed by atoms with Crippen LogP contribution in [0.3, 0.4) is 0 Å². The Labute approximate surface area is 257 Å². The largest absolute Gasteiger partial charge is 0.310 e. The van der Waals surface area contributed by atoms with Gasteiger partial charge in [-0.15, -0.1) is 0 Å². The van der Waals surface area contributed by atoms with Crippen LogP contribution in [0.5, 0.6) is 0 Å². The lowest BCUT2D eigenvalue weighted by molar-refractivity contribution is 1.10. The van der Waals surface area contributed by atoms with Gasteiger partial charge in [-0.2, -0.15) is 0 Å². The van der Waals surface area contributed by atoms with Gasteiger partial charge in [0, 0.05) is 33.5 Å². The van der Waals surface area contributed by atoms with Crippen LogP contribution in [-0.2, 0) is 0 Å². The monoisotopic (exact) mass is 562 g/mol. The number of benzene rings is 6. The van der Waals surface area contributed by atoms with E-state index >= 15 is 0 Å². The van der Waals surface area contributed by atoms with Crippen molar-refractivity contribution in [1.29, 1.82) is 0 Å². The second-order valence-electron chi connectivity index (χ2n) is 11.1. The van der Waals surface area contributed by atoms with Gasteiger partial charge in [-0.3, -0.25) is 0 Å². The number of hydrogen-bond acceptors (Lipinski definition) is 0. The van der Waals surface area contributed by atoms with Gasteiger partial charge in [0.2, 0.25) is 0 Å². The summed E-state index contributed by atoms with van der Waals surface area (Å²) in [4.78, 5) is 0. The van der Waals surface area contributed by atoms with Crippen molar-refractivity contribution in [1.82, 2.24) is 9.13 Å². The molecule has 0 atom stereocenters. The number of aromatic nitrogens is 2. The number of rotatable bonds is 6. The van der Waals surface area contributed by atoms with E-state index in [9.17, 15) is 0 Å². The molecule has 2 aromatic heterocycles. The second-order valence-corrected chi connectivity index (χ2v) is 11.1. The van der Waals surface area contributed by atoms with Gasteiger partial charge in [-0.25, -0.2) is 0 Å². The van der Waals surface area contributed by atoms with Crippen LogP contribution in [0.2, 0.25) is 0 Å². The molecule has 0 saturated carbocycles. The lowest BCUT2D eigenvalue weighted by Crippen LogP contribution is -1.98. The highest BCUT2D eigenvalue weighted by atomic mass is 15.0. The average molecular weight is 563 g/mol. The highest BCUT2D eigenvalue weighted by molar-refractivity contribution is 5.90. The molecule has 0 radical (unpaired) electrons. The third-order valence-corrected chi connectivity index (χ3v) is 8.35. The van der Waals surface area contributed by atoms with Gasteiger partial charge in [0.25, 0.3) is 0 Å². The summed E-state index contributed by atoms with van der Waals surface area (Å²) < 4.78 is 4.71. The molecule has 0 N–H and O–H groups in total. The minimum absolute atomic E-state index is 1.13. The molecular weight excluding hydrogens is 532 g/mol. The topological polar surface area (TPSA) is 9.86 Å². The normalized spacial score (nSPS) is 11.5. The van der Waals surface area contributed by atoms with Gasteiger partial charge >= 0.3 is 0 Å². The van der Waals surface area contributed by atoms with Crippen LogP contribution >= 0.6 is 0 Å². The van der Waals surface area contributed by atoms with Crippen LogP contribution in [0.25, 0.3) is 67.6 Å². The standard InChI is InChI=1S/C42H30N2/c1-3-12-31(13-4-1)33-22-24-37(25-23-33)43-39(29-35-16-7-9-20-41(35)43)26-27-40-30-36-17-8-10-21-42(36)44(40)38-19-11-18-34(28-38)32-14-5-2-6-15-32/h1-30H/b27-26-. The zero-order valence-electron chi connectivity index (χ0n) is 24.2. The molecule has 0 spiro atoms. The van der Waals surface area contributed by atoms with Crippen LogP contribution in [0.1, 0.15) is 11.4 Å². The third kappa shape index (κ3) is 4.73. The molecule has 0 unspecified atom stereocenters. The molecule has 8 aromatic rings. The quantitative estimate of drug-likeness (QED) is 0.191. The summed E-state index contributed by atoms with van der Waals surface area (Å²) in [7, 11) is 0. The molecule has 8 rings (SSSR count).